The maximum atomic E-state index is 4.58. The van der Waals surface area contributed by atoms with E-state index in [-0.39, 0.29) is 0 Å². The Hall–Kier alpha value is -1.68. The molecule has 2 heterocycles. The third-order valence-corrected chi connectivity index (χ3v) is 3.26. The van der Waals surface area contributed by atoms with Crippen molar-refractivity contribution in [2.24, 2.45) is 0 Å². The Kier molecular flexibility index (Phi) is 4.10. The Labute approximate surface area is 108 Å². The molecule has 0 saturated heterocycles. The van der Waals surface area contributed by atoms with Gasteiger partial charge in [-0.05, 0) is 45.0 Å². The molecule has 96 valence electrons. The van der Waals surface area contributed by atoms with Gasteiger partial charge < -0.3 is 9.88 Å². The van der Waals surface area contributed by atoms with E-state index < -0.39 is 0 Å². The number of imidazole rings is 1. The van der Waals surface area contributed by atoms with Crippen LogP contribution in [0.4, 0.5) is 0 Å². The zero-order valence-electron chi connectivity index (χ0n) is 11.2. The van der Waals surface area contributed by atoms with Crippen LogP contribution in [0, 0.1) is 6.92 Å². The molecule has 18 heavy (non-hydrogen) atoms. The number of nitrogens with one attached hydrogen (secondary N) is 1. The van der Waals surface area contributed by atoms with Crippen LogP contribution in [0.15, 0.2) is 30.7 Å². The lowest BCUT2D eigenvalue weighted by Crippen LogP contribution is -2.12. The fourth-order valence-electron chi connectivity index (χ4n) is 1.91. The topological polar surface area (TPSA) is 42.7 Å². The van der Waals surface area contributed by atoms with Gasteiger partial charge in [0.25, 0.3) is 0 Å². The van der Waals surface area contributed by atoms with Crippen LogP contribution >= 0.6 is 0 Å². The average molecular weight is 244 g/mol. The minimum atomic E-state index is 0.297. The molecule has 1 atom stereocenters. The Morgan fingerprint density at radius 1 is 1.33 bits per heavy atom. The lowest BCUT2D eigenvalue weighted by Gasteiger charge is -2.06. The first-order valence-electron chi connectivity index (χ1n) is 6.30. The van der Waals surface area contributed by atoms with E-state index in [2.05, 4.69) is 52.0 Å². The van der Waals surface area contributed by atoms with Gasteiger partial charge in [0, 0.05) is 31.2 Å². The van der Waals surface area contributed by atoms with E-state index in [1.54, 1.807) is 0 Å². The number of hydrogen-bond donors (Lipinski definition) is 1. The van der Waals surface area contributed by atoms with E-state index in [0.29, 0.717) is 6.04 Å². The van der Waals surface area contributed by atoms with E-state index >= 15 is 0 Å². The second-order valence-electron chi connectivity index (χ2n) is 4.52. The zero-order valence-corrected chi connectivity index (χ0v) is 11.2. The summed E-state index contributed by atoms with van der Waals surface area (Å²) in [5, 5.41) is 3.21. The standard InChI is InChI=1S/C14H20N4/c1-11(15-3)14-10-18(12(2)17-14)9-6-13-4-7-16-8-5-13/h4-5,7-8,10-11,15H,6,9H2,1-3H3. The van der Waals surface area contributed by atoms with Gasteiger partial charge in [-0.3, -0.25) is 4.98 Å². The van der Waals surface area contributed by atoms with Crippen molar-refractivity contribution in [1.82, 2.24) is 19.9 Å². The number of nitrogens with zero attached hydrogens (tertiary/aromatic N) is 3. The molecule has 0 amide bonds. The molecule has 1 unspecified atom stereocenters. The van der Waals surface area contributed by atoms with Gasteiger partial charge in [0.15, 0.2) is 0 Å². The molecule has 0 aromatic carbocycles. The molecular weight excluding hydrogens is 224 g/mol. The molecule has 4 nitrogen and oxygen atoms in total. The second kappa shape index (κ2) is 5.78. The Balaban J connectivity index is 2.03. The van der Waals surface area contributed by atoms with Gasteiger partial charge in [-0.15, -0.1) is 0 Å². The van der Waals surface area contributed by atoms with Crippen molar-refractivity contribution in [2.45, 2.75) is 32.9 Å². The van der Waals surface area contributed by atoms with Crippen LogP contribution in [0.2, 0.25) is 0 Å². The molecule has 0 spiro atoms. The predicted molar refractivity (Wildman–Crippen MR) is 72.4 cm³/mol. The smallest absolute Gasteiger partial charge is 0.105 e. The minimum absolute atomic E-state index is 0.297. The largest absolute Gasteiger partial charge is 0.334 e. The molecule has 2 aromatic heterocycles. The zero-order chi connectivity index (χ0) is 13.0. The molecule has 0 fully saturated rings. The molecule has 0 aliphatic heterocycles. The van der Waals surface area contributed by atoms with Crippen LogP contribution < -0.4 is 5.32 Å². The maximum Gasteiger partial charge on any atom is 0.105 e. The third-order valence-electron chi connectivity index (χ3n) is 3.26. The fraction of sp³-hybridized carbons (Fsp3) is 0.429. The summed E-state index contributed by atoms with van der Waals surface area (Å²) in [6.07, 6.45) is 6.82. The summed E-state index contributed by atoms with van der Waals surface area (Å²) in [5.41, 5.74) is 2.41. The molecular formula is C14H20N4. The van der Waals surface area contributed by atoms with Crippen molar-refractivity contribution >= 4 is 0 Å². The average Bonchev–Trinajstić information content (AvgIpc) is 2.78. The summed E-state index contributed by atoms with van der Waals surface area (Å²) in [7, 11) is 1.95. The summed E-state index contributed by atoms with van der Waals surface area (Å²) in [6.45, 7) is 5.13. The van der Waals surface area contributed by atoms with Crippen molar-refractivity contribution in [2.75, 3.05) is 7.05 Å². The van der Waals surface area contributed by atoms with Crippen molar-refractivity contribution in [3.63, 3.8) is 0 Å². The highest BCUT2D eigenvalue weighted by Gasteiger charge is 2.09. The highest BCUT2D eigenvalue weighted by Crippen LogP contribution is 2.12. The molecule has 0 aliphatic rings. The van der Waals surface area contributed by atoms with Crippen molar-refractivity contribution in [1.29, 1.82) is 0 Å². The van der Waals surface area contributed by atoms with Crippen molar-refractivity contribution in [3.8, 4) is 0 Å². The highest BCUT2D eigenvalue weighted by molar-refractivity contribution is 5.11. The number of hydrogen-bond acceptors (Lipinski definition) is 3. The normalized spacial score (nSPS) is 12.6. The minimum Gasteiger partial charge on any atom is -0.334 e. The quantitative estimate of drug-likeness (QED) is 0.876. The van der Waals surface area contributed by atoms with E-state index in [9.17, 15) is 0 Å². The molecule has 2 rings (SSSR count). The van der Waals surface area contributed by atoms with Crippen molar-refractivity contribution in [3.05, 3.63) is 47.8 Å². The Morgan fingerprint density at radius 3 is 2.72 bits per heavy atom. The summed E-state index contributed by atoms with van der Waals surface area (Å²) >= 11 is 0. The summed E-state index contributed by atoms with van der Waals surface area (Å²) < 4.78 is 2.21. The van der Waals surface area contributed by atoms with Crippen LogP contribution in [-0.2, 0) is 13.0 Å². The van der Waals surface area contributed by atoms with Crippen LogP contribution in [-0.4, -0.2) is 21.6 Å². The van der Waals surface area contributed by atoms with Gasteiger partial charge in [0.2, 0.25) is 0 Å². The monoisotopic (exact) mass is 244 g/mol. The molecule has 0 saturated carbocycles. The molecule has 0 radical (unpaired) electrons. The Bertz CT molecular complexity index is 490. The van der Waals surface area contributed by atoms with Crippen molar-refractivity contribution < 1.29 is 0 Å². The fourth-order valence-corrected chi connectivity index (χ4v) is 1.91. The number of pyridine rings is 1. The molecule has 0 bridgehead atoms. The predicted octanol–water partition coefficient (Wildman–Crippen LogP) is 2.11. The van der Waals surface area contributed by atoms with Gasteiger partial charge in [-0.1, -0.05) is 0 Å². The van der Waals surface area contributed by atoms with Gasteiger partial charge in [0.05, 0.1) is 5.69 Å². The SMILES string of the molecule is CNC(C)c1cn(CCc2ccncc2)c(C)n1. The van der Waals surface area contributed by atoms with Gasteiger partial charge in [-0.25, -0.2) is 4.98 Å². The van der Waals surface area contributed by atoms with E-state index in [4.69, 9.17) is 0 Å². The highest BCUT2D eigenvalue weighted by atomic mass is 15.1. The first-order chi connectivity index (χ1) is 8.70. The molecule has 0 aliphatic carbocycles. The number of aromatic nitrogens is 3. The summed E-state index contributed by atoms with van der Waals surface area (Å²) in [4.78, 5) is 8.61. The second-order valence-corrected chi connectivity index (χ2v) is 4.52. The van der Waals surface area contributed by atoms with E-state index in [1.807, 2.05) is 19.4 Å². The lowest BCUT2D eigenvalue weighted by molar-refractivity contribution is 0.632. The summed E-state index contributed by atoms with van der Waals surface area (Å²) in [6, 6.07) is 4.41. The molecule has 4 heteroatoms. The van der Waals surface area contributed by atoms with E-state index in [1.165, 1.54) is 5.56 Å². The third kappa shape index (κ3) is 2.96. The lowest BCUT2D eigenvalue weighted by atomic mass is 10.2. The van der Waals surface area contributed by atoms with E-state index in [0.717, 1.165) is 24.5 Å². The van der Waals surface area contributed by atoms with Crippen LogP contribution in [0.1, 0.15) is 30.0 Å². The Morgan fingerprint density at radius 2 is 2.06 bits per heavy atom. The first-order valence-corrected chi connectivity index (χ1v) is 6.30. The molecule has 1 N–H and O–H groups in total. The number of rotatable bonds is 5. The molecule has 2 aromatic rings. The van der Waals surface area contributed by atoms with Crippen LogP contribution in [0.25, 0.3) is 0 Å². The van der Waals surface area contributed by atoms with Gasteiger partial charge in [-0.2, -0.15) is 0 Å². The van der Waals surface area contributed by atoms with Crippen LogP contribution in [0.3, 0.4) is 0 Å². The number of aryl methyl sites for hydroxylation is 3. The van der Waals surface area contributed by atoms with Gasteiger partial charge >= 0.3 is 0 Å². The van der Waals surface area contributed by atoms with Crippen LogP contribution in [0.5, 0.6) is 0 Å². The summed E-state index contributed by atoms with van der Waals surface area (Å²) in [5.74, 6) is 1.07. The maximum absolute atomic E-state index is 4.58. The van der Waals surface area contributed by atoms with Gasteiger partial charge in [0.1, 0.15) is 5.82 Å². The first kappa shape index (κ1) is 12.8.